The standard InChI is InChI=1S/C11H13BrClNO2/c1-3-7-5-10(14(15)16)11(12)8(4-2)9(7)6-13/h5H,3-4,6H2,1-2H3. The molecular weight excluding hydrogens is 293 g/mol. The Hall–Kier alpha value is -0.610. The average molecular weight is 307 g/mol. The Morgan fingerprint density at radius 2 is 2.00 bits per heavy atom. The van der Waals surface area contributed by atoms with Gasteiger partial charge in [-0.15, -0.1) is 11.6 Å². The molecule has 0 aromatic heterocycles. The lowest BCUT2D eigenvalue weighted by atomic mass is 9.98. The van der Waals surface area contributed by atoms with Gasteiger partial charge in [0.15, 0.2) is 0 Å². The second-order valence-corrected chi connectivity index (χ2v) is 4.48. The number of aryl methyl sites for hydroxylation is 1. The van der Waals surface area contributed by atoms with Gasteiger partial charge in [-0.25, -0.2) is 0 Å². The lowest BCUT2D eigenvalue weighted by Gasteiger charge is -2.12. The molecule has 88 valence electrons. The fraction of sp³-hybridized carbons (Fsp3) is 0.455. The molecule has 0 spiro atoms. The zero-order valence-corrected chi connectivity index (χ0v) is 11.6. The molecule has 0 unspecified atom stereocenters. The molecule has 3 nitrogen and oxygen atoms in total. The van der Waals surface area contributed by atoms with Crippen molar-refractivity contribution in [3.05, 3.63) is 37.3 Å². The molecule has 0 aliphatic carbocycles. The van der Waals surface area contributed by atoms with Crippen molar-refractivity contribution in [2.45, 2.75) is 32.6 Å². The second kappa shape index (κ2) is 5.64. The van der Waals surface area contributed by atoms with Crippen LogP contribution in [0.1, 0.15) is 30.5 Å². The number of nitro groups is 1. The van der Waals surface area contributed by atoms with Crippen LogP contribution in [0.4, 0.5) is 5.69 Å². The Morgan fingerprint density at radius 3 is 2.38 bits per heavy atom. The Bertz CT molecular complexity index is 421. The van der Waals surface area contributed by atoms with Crippen LogP contribution >= 0.6 is 27.5 Å². The number of rotatable bonds is 4. The highest BCUT2D eigenvalue weighted by Gasteiger charge is 2.20. The highest BCUT2D eigenvalue weighted by Crippen LogP contribution is 2.34. The summed E-state index contributed by atoms with van der Waals surface area (Å²) in [6.07, 6.45) is 1.49. The molecule has 0 N–H and O–H groups in total. The molecule has 0 radical (unpaired) electrons. The van der Waals surface area contributed by atoms with Crippen molar-refractivity contribution in [1.29, 1.82) is 0 Å². The van der Waals surface area contributed by atoms with Crippen molar-refractivity contribution in [2.24, 2.45) is 0 Å². The van der Waals surface area contributed by atoms with Gasteiger partial charge in [0.1, 0.15) is 0 Å². The van der Waals surface area contributed by atoms with Gasteiger partial charge in [-0.05, 0) is 45.5 Å². The SMILES string of the molecule is CCc1cc([N+](=O)[O-])c(Br)c(CC)c1CCl. The van der Waals surface area contributed by atoms with Crippen LogP contribution in [-0.2, 0) is 18.7 Å². The van der Waals surface area contributed by atoms with Gasteiger partial charge in [0.05, 0.1) is 9.40 Å². The zero-order chi connectivity index (χ0) is 12.3. The van der Waals surface area contributed by atoms with E-state index in [9.17, 15) is 10.1 Å². The lowest BCUT2D eigenvalue weighted by Crippen LogP contribution is -2.02. The van der Waals surface area contributed by atoms with E-state index in [1.165, 1.54) is 0 Å². The van der Waals surface area contributed by atoms with Crippen LogP contribution in [0.15, 0.2) is 10.5 Å². The van der Waals surface area contributed by atoms with Crippen molar-refractivity contribution in [3.63, 3.8) is 0 Å². The molecule has 1 aromatic carbocycles. The summed E-state index contributed by atoms with van der Waals surface area (Å²) in [4.78, 5) is 10.5. The number of halogens is 2. The van der Waals surface area contributed by atoms with Gasteiger partial charge >= 0.3 is 0 Å². The Balaban J connectivity index is 3.54. The predicted octanol–water partition coefficient (Wildman–Crippen LogP) is 4.22. The van der Waals surface area contributed by atoms with Crippen LogP contribution in [0.2, 0.25) is 0 Å². The summed E-state index contributed by atoms with van der Waals surface area (Å²) in [5, 5.41) is 10.9. The van der Waals surface area contributed by atoms with E-state index in [1.807, 2.05) is 13.8 Å². The first-order valence-corrected chi connectivity index (χ1v) is 6.42. The first-order valence-electron chi connectivity index (χ1n) is 5.10. The van der Waals surface area contributed by atoms with Crippen LogP contribution in [0, 0.1) is 10.1 Å². The predicted molar refractivity (Wildman–Crippen MR) is 69.1 cm³/mol. The fourth-order valence-electron chi connectivity index (χ4n) is 1.78. The van der Waals surface area contributed by atoms with E-state index >= 15 is 0 Å². The Kier molecular flexibility index (Phi) is 4.74. The van der Waals surface area contributed by atoms with Crippen LogP contribution in [0.25, 0.3) is 0 Å². The van der Waals surface area contributed by atoms with Crippen molar-refractivity contribution in [3.8, 4) is 0 Å². The first-order chi connectivity index (χ1) is 7.56. The highest BCUT2D eigenvalue weighted by molar-refractivity contribution is 9.10. The number of hydrogen-bond acceptors (Lipinski definition) is 2. The number of hydrogen-bond donors (Lipinski definition) is 0. The monoisotopic (exact) mass is 305 g/mol. The molecule has 0 aliphatic rings. The van der Waals surface area contributed by atoms with Gasteiger partial charge in [-0.3, -0.25) is 10.1 Å². The fourth-order valence-corrected chi connectivity index (χ4v) is 2.89. The minimum Gasteiger partial charge on any atom is -0.258 e. The quantitative estimate of drug-likeness (QED) is 0.475. The topological polar surface area (TPSA) is 43.1 Å². The summed E-state index contributed by atoms with van der Waals surface area (Å²) in [5.74, 6) is 0.392. The van der Waals surface area contributed by atoms with Crippen LogP contribution in [-0.4, -0.2) is 4.92 Å². The van der Waals surface area contributed by atoms with Crippen LogP contribution < -0.4 is 0 Å². The molecule has 1 aromatic rings. The summed E-state index contributed by atoms with van der Waals surface area (Å²) < 4.78 is 0.563. The third-order valence-corrected chi connectivity index (χ3v) is 3.77. The maximum absolute atomic E-state index is 10.9. The lowest BCUT2D eigenvalue weighted by molar-refractivity contribution is -0.385. The normalized spacial score (nSPS) is 10.5. The van der Waals surface area contributed by atoms with Gasteiger partial charge in [0, 0.05) is 11.9 Å². The van der Waals surface area contributed by atoms with E-state index in [-0.39, 0.29) is 10.6 Å². The Morgan fingerprint density at radius 1 is 1.38 bits per heavy atom. The molecule has 0 aliphatic heterocycles. The summed E-state index contributed by atoms with van der Waals surface area (Å²) in [6.45, 7) is 3.95. The van der Waals surface area contributed by atoms with Crippen molar-refractivity contribution < 1.29 is 4.92 Å². The summed E-state index contributed by atoms with van der Waals surface area (Å²) in [5.41, 5.74) is 3.05. The molecule has 0 atom stereocenters. The van der Waals surface area contributed by atoms with Crippen LogP contribution in [0.3, 0.4) is 0 Å². The summed E-state index contributed by atoms with van der Waals surface area (Å²) >= 11 is 9.20. The third kappa shape index (κ3) is 2.38. The van der Waals surface area contributed by atoms with Crippen molar-refractivity contribution in [1.82, 2.24) is 0 Å². The molecule has 0 saturated heterocycles. The van der Waals surface area contributed by atoms with Crippen LogP contribution in [0.5, 0.6) is 0 Å². The smallest absolute Gasteiger partial charge is 0.258 e. The van der Waals surface area contributed by atoms with E-state index in [1.54, 1.807) is 6.07 Å². The summed E-state index contributed by atoms with van der Waals surface area (Å²) in [6, 6.07) is 1.61. The first kappa shape index (κ1) is 13.5. The number of alkyl halides is 1. The molecule has 0 heterocycles. The largest absolute Gasteiger partial charge is 0.284 e. The molecule has 1 rings (SSSR count). The molecule has 0 amide bonds. The van der Waals surface area contributed by atoms with E-state index < -0.39 is 0 Å². The number of benzene rings is 1. The molecule has 0 fully saturated rings. The third-order valence-electron chi connectivity index (χ3n) is 2.62. The van der Waals surface area contributed by atoms with E-state index in [0.717, 1.165) is 29.5 Å². The molecule has 0 bridgehead atoms. The summed E-state index contributed by atoms with van der Waals surface area (Å²) in [7, 11) is 0. The molecule has 5 heteroatoms. The van der Waals surface area contributed by atoms with Gasteiger partial charge in [-0.1, -0.05) is 13.8 Å². The van der Waals surface area contributed by atoms with E-state index in [4.69, 9.17) is 11.6 Å². The van der Waals surface area contributed by atoms with E-state index in [2.05, 4.69) is 15.9 Å². The molecular formula is C11H13BrClNO2. The van der Waals surface area contributed by atoms with Gasteiger partial charge < -0.3 is 0 Å². The minimum absolute atomic E-state index is 0.127. The van der Waals surface area contributed by atoms with Gasteiger partial charge in [0.25, 0.3) is 5.69 Å². The maximum atomic E-state index is 10.9. The highest BCUT2D eigenvalue weighted by atomic mass is 79.9. The maximum Gasteiger partial charge on any atom is 0.284 e. The van der Waals surface area contributed by atoms with E-state index in [0.29, 0.717) is 10.4 Å². The van der Waals surface area contributed by atoms with Crippen molar-refractivity contribution >= 4 is 33.2 Å². The molecule has 0 saturated carbocycles. The molecule has 16 heavy (non-hydrogen) atoms. The van der Waals surface area contributed by atoms with Crippen molar-refractivity contribution in [2.75, 3.05) is 0 Å². The number of nitrogens with zero attached hydrogens (tertiary/aromatic N) is 1. The average Bonchev–Trinajstić information content (AvgIpc) is 2.27. The van der Waals surface area contributed by atoms with Gasteiger partial charge in [-0.2, -0.15) is 0 Å². The Labute approximate surface area is 108 Å². The van der Waals surface area contributed by atoms with Gasteiger partial charge in [0.2, 0.25) is 0 Å². The number of nitro benzene ring substituents is 1. The minimum atomic E-state index is -0.361. The second-order valence-electron chi connectivity index (χ2n) is 3.42. The zero-order valence-electron chi connectivity index (χ0n) is 9.22.